The number of fused-ring (bicyclic) bond motifs is 1. The van der Waals surface area contributed by atoms with Crippen LogP contribution in [-0.2, 0) is 13.5 Å². The van der Waals surface area contributed by atoms with E-state index in [4.69, 9.17) is 4.98 Å². The topological polar surface area (TPSA) is 88.5 Å². The van der Waals surface area contributed by atoms with E-state index in [1.807, 2.05) is 42.2 Å². The molecule has 2 aliphatic rings. The Hall–Kier alpha value is -3.48. The maximum atomic E-state index is 12.3. The van der Waals surface area contributed by atoms with Gasteiger partial charge in [-0.1, -0.05) is 18.2 Å². The predicted molar refractivity (Wildman–Crippen MR) is 122 cm³/mol. The summed E-state index contributed by atoms with van der Waals surface area (Å²) in [4.78, 5) is 17.1. The lowest BCUT2D eigenvalue weighted by atomic mass is 9.97. The van der Waals surface area contributed by atoms with E-state index in [1.165, 1.54) is 42.2 Å². The van der Waals surface area contributed by atoms with Gasteiger partial charge in [0.1, 0.15) is 5.82 Å². The van der Waals surface area contributed by atoms with Crippen LogP contribution >= 0.6 is 0 Å². The zero-order valence-corrected chi connectivity index (χ0v) is 18.1. The Bertz CT molecular complexity index is 1290. The quantitative estimate of drug-likeness (QED) is 0.468. The normalized spacial score (nSPS) is 15.9. The number of aromatic amines is 1. The van der Waals surface area contributed by atoms with Crippen molar-refractivity contribution in [1.29, 1.82) is 0 Å². The maximum absolute atomic E-state index is 12.3. The number of rotatable bonds is 7. The summed E-state index contributed by atoms with van der Waals surface area (Å²) in [6.45, 7) is 0.777. The molecule has 2 aromatic carbocycles. The van der Waals surface area contributed by atoms with Crippen molar-refractivity contribution in [3.63, 3.8) is 0 Å². The summed E-state index contributed by atoms with van der Waals surface area (Å²) < 4.78 is 1.86. The number of nitrogens with zero attached hydrogens (tertiary/aromatic N) is 4. The smallest absolute Gasteiger partial charge is 0.251 e. The van der Waals surface area contributed by atoms with Crippen molar-refractivity contribution >= 4 is 16.8 Å². The van der Waals surface area contributed by atoms with Crippen molar-refractivity contribution in [2.75, 3.05) is 6.54 Å². The molecule has 2 aliphatic carbocycles. The highest BCUT2D eigenvalue weighted by Gasteiger charge is 2.29. The summed E-state index contributed by atoms with van der Waals surface area (Å²) in [6.07, 6.45) is 7.61. The van der Waals surface area contributed by atoms with Gasteiger partial charge in [-0.2, -0.15) is 10.2 Å². The first-order chi connectivity index (χ1) is 15.7. The Morgan fingerprint density at radius 1 is 1.12 bits per heavy atom. The van der Waals surface area contributed by atoms with Crippen LogP contribution in [-0.4, -0.2) is 37.4 Å². The molecule has 162 valence electrons. The monoisotopic (exact) mass is 426 g/mol. The number of nitrogens with one attached hydrogen (secondary N) is 2. The Labute approximate surface area is 186 Å². The molecule has 4 aromatic rings. The lowest BCUT2D eigenvalue weighted by Gasteiger charge is -2.09. The number of carbonyl (C=O) groups excluding carboxylic acids is 1. The van der Waals surface area contributed by atoms with Gasteiger partial charge in [0.05, 0.1) is 11.7 Å². The number of carbonyl (C=O) groups is 1. The number of hydrogen-bond acceptors (Lipinski definition) is 4. The third kappa shape index (κ3) is 3.68. The van der Waals surface area contributed by atoms with Crippen LogP contribution < -0.4 is 5.32 Å². The lowest BCUT2D eigenvalue weighted by Crippen LogP contribution is -2.25. The van der Waals surface area contributed by atoms with Gasteiger partial charge in [0.25, 0.3) is 5.91 Å². The Kier molecular flexibility index (Phi) is 4.56. The average molecular weight is 427 g/mol. The molecule has 7 heteroatoms. The van der Waals surface area contributed by atoms with Crippen LogP contribution in [0.15, 0.2) is 42.6 Å². The molecule has 0 atom stereocenters. The second-order valence-corrected chi connectivity index (χ2v) is 9.13. The molecule has 32 heavy (non-hydrogen) atoms. The fraction of sp³-hybridized carbons (Fsp3) is 0.360. The summed E-state index contributed by atoms with van der Waals surface area (Å²) in [5.41, 5.74) is 5.38. The van der Waals surface area contributed by atoms with Crippen molar-refractivity contribution in [3.05, 3.63) is 65.1 Å². The summed E-state index contributed by atoms with van der Waals surface area (Å²) >= 11 is 0. The minimum Gasteiger partial charge on any atom is -0.352 e. The van der Waals surface area contributed by atoms with Crippen molar-refractivity contribution in [2.24, 2.45) is 13.0 Å². The summed E-state index contributed by atoms with van der Waals surface area (Å²) in [5, 5.41) is 16.2. The zero-order chi connectivity index (χ0) is 21.7. The highest BCUT2D eigenvalue weighted by Crippen LogP contribution is 2.45. The van der Waals surface area contributed by atoms with Crippen LogP contribution in [0, 0.1) is 5.92 Å². The van der Waals surface area contributed by atoms with Gasteiger partial charge in [-0.15, -0.1) is 0 Å². The second kappa shape index (κ2) is 7.58. The third-order valence-corrected chi connectivity index (χ3v) is 6.60. The summed E-state index contributed by atoms with van der Waals surface area (Å²) in [6, 6.07) is 11.9. The average Bonchev–Trinajstić information content (AvgIpc) is 3.73. The van der Waals surface area contributed by atoms with Crippen LogP contribution in [0.25, 0.3) is 22.3 Å². The largest absolute Gasteiger partial charge is 0.352 e. The van der Waals surface area contributed by atoms with Crippen LogP contribution in [0.5, 0.6) is 0 Å². The molecule has 0 saturated heterocycles. The molecule has 6 rings (SSSR count). The number of amides is 1. The van der Waals surface area contributed by atoms with E-state index in [2.05, 4.69) is 32.7 Å². The molecule has 2 aromatic heterocycles. The Morgan fingerprint density at radius 2 is 1.94 bits per heavy atom. The van der Waals surface area contributed by atoms with E-state index in [9.17, 15) is 4.79 Å². The highest BCUT2D eigenvalue weighted by molar-refractivity contribution is 5.94. The van der Waals surface area contributed by atoms with Crippen molar-refractivity contribution in [3.8, 4) is 11.4 Å². The van der Waals surface area contributed by atoms with E-state index in [-0.39, 0.29) is 5.91 Å². The minimum absolute atomic E-state index is 0.0136. The number of benzene rings is 2. The van der Waals surface area contributed by atoms with Gasteiger partial charge in [0.15, 0.2) is 5.82 Å². The van der Waals surface area contributed by atoms with Crippen molar-refractivity contribution in [2.45, 2.75) is 38.0 Å². The van der Waals surface area contributed by atoms with E-state index >= 15 is 0 Å². The molecule has 0 spiro atoms. The molecule has 0 bridgehead atoms. The van der Waals surface area contributed by atoms with Gasteiger partial charge in [-0.3, -0.25) is 14.6 Å². The number of aryl methyl sites for hydroxylation is 1. The third-order valence-electron chi connectivity index (χ3n) is 6.60. The van der Waals surface area contributed by atoms with E-state index in [0.717, 1.165) is 29.9 Å². The van der Waals surface area contributed by atoms with E-state index in [1.54, 1.807) is 0 Å². The van der Waals surface area contributed by atoms with Gasteiger partial charge in [0, 0.05) is 36.5 Å². The zero-order valence-electron chi connectivity index (χ0n) is 18.1. The Balaban J connectivity index is 1.23. The van der Waals surface area contributed by atoms with E-state index < -0.39 is 0 Å². The van der Waals surface area contributed by atoms with Crippen molar-refractivity contribution in [1.82, 2.24) is 30.3 Å². The molecule has 2 fully saturated rings. The van der Waals surface area contributed by atoms with Gasteiger partial charge in [-0.05, 0) is 66.8 Å². The fourth-order valence-corrected chi connectivity index (χ4v) is 4.39. The van der Waals surface area contributed by atoms with Crippen LogP contribution in [0.2, 0.25) is 0 Å². The second-order valence-electron chi connectivity index (χ2n) is 9.13. The maximum Gasteiger partial charge on any atom is 0.251 e. The number of aromatic nitrogens is 5. The summed E-state index contributed by atoms with van der Waals surface area (Å²) in [7, 11) is 1.94. The lowest BCUT2D eigenvalue weighted by molar-refractivity contribution is 0.0952. The molecule has 0 unspecified atom stereocenters. The highest BCUT2D eigenvalue weighted by atomic mass is 16.1. The molecular formula is C25H26N6O. The van der Waals surface area contributed by atoms with Gasteiger partial charge in [-0.25, -0.2) is 4.98 Å². The van der Waals surface area contributed by atoms with Gasteiger partial charge >= 0.3 is 0 Å². The standard InChI is InChI=1S/C25H26N6O/c1-31-22(12-19-10-11-21-20(14-27-29-21)23(19)16-4-5-16)28-24(30-31)17-6-8-18(9-7-17)25(32)26-13-15-2-3-15/h6-11,14-16H,2-5,12-13H2,1H3,(H,26,32)(H,27,29). The molecule has 0 radical (unpaired) electrons. The van der Waals surface area contributed by atoms with Crippen LogP contribution in [0.3, 0.4) is 0 Å². The number of hydrogen-bond donors (Lipinski definition) is 2. The van der Waals surface area contributed by atoms with Gasteiger partial charge < -0.3 is 5.32 Å². The molecule has 2 heterocycles. The molecule has 2 saturated carbocycles. The molecule has 0 aliphatic heterocycles. The first-order valence-electron chi connectivity index (χ1n) is 11.4. The SMILES string of the molecule is Cn1nc(-c2ccc(C(=O)NCC3CC3)cc2)nc1Cc1ccc2[nH]ncc2c1C1CC1. The summed E-state index contributed by atoms with van der Waals surface area (Å²) in [5.74, 6) is 2.89. The molecule has 7 nitrogen and oxygen atoms in total. The fourth-order valence-electron chi connectivity index (χ4n) is 4.39. The first-order valence-corrected chi connectivity index (χ1v) is 11.4. The predicted octanol–water partition coefficient (Wildman–Crippen LogP) is 3.97. The molecular weight excluding hydrogens is 400 g/mol. The van der Waals surface area contributed by atoms with Crippen LogP contribution in [0.1, 0.15) is 58.9 Å². The first kappa shape index (κ1) is 19.2. The molecule has 2 N–H and O–H groups in total. The van der Waals surface area contributed by atoms with Crippen molar-refractivity contribution < 1.29 is 4.79 Å². The van der Waals surface area contributed by atoms with E-state index in [0.29, 0.717) is 23.2 Å². The van der Waals surface area contributed by atoms with Crippen LogP contribution in [0.4, 0.5) is 0 Å². The number of H-pyrrole nitrogens is 1. The Morgan fingerprint density at radius 3 is 2.69 bits per heavy atom. The van der Waals surface area contributed by atoms with Gasteiger partial charge in [0.2, 0.25) is 0 Å². The molecule has 1 amide bonds. The minimum atomic E-state index is -0.0136.